The molecular weight excluding hydrogens is 316 g/mol. The van der Waals surface area contributed by atoms with Crippen LogP contribution in [0.15, 0.2) is 36.5 Å². The molecule has 1 aliphatic rings. The van der Waals surface area contributed by atoms with Gasteiger partial charge in [0.2, 0.25) is 5.91 Å². The molecule has 1 saturated heterocycles. The van der Waals surface area contributed by atoms with Crippen molar-refractivity contribution < 1.29 is 9.59 Å². The lowest BCUT2D eigenvalue weighted by molar-refractivity contribution is -0.121. The van der Waals surface area contributed by atoms with Crippen molar-refractivity contribution in [1.29, 1.82) is 0 Å². The smallest absolute Gasteiger partial charge is 0.257 e. The summed E-state index contributed by atoms with van der Waals surface area (Å²) in [6.07, 6.45) is 4.98. The van der Waals surface area contributed by atoms with Crippen LogP contribution >= 0.6 is 0 Å². The minimum Gasteiger partial charge on any atom is -0.338 e. The van der Waals surface area contributed by atoms with Crippen molar-refractivity contribution in [3.63, 3.8) is 0 Å². The predicted octanol–water partition coefficient (Wildman–Crippen LogP) is 2.85. The molecule has 0 bridgehead atoms. The molecular formula is C19H24N4O2. The molecule has 1 fully saturated rings. The Hall–Kier alpha value is -2.63. The lowest BCUT2D eigenvalue weighted by atomic mass is 9.96. The Bertz CT molecular complexity index is 726. The summed E-state index contributed by atoms with van der Waals surface area (Å²) < 4.78 is 0. The van der Waals surface area contributed by atoms with Gasteiger partial charge in [0, 0.05) is 24.5 Å². The Morgan fingerprint density at radius 1 is 1.32 bits per heavy atom. The van der Waals surface area contributed by atoms with Gasteiger partial charge in [0.05, 0.1) is 17.7 Å². The van der Waals surface area contributed by atoms with Gasteiger partial charge >= 0.3 is 0 Å². The van der Waals surface area contributed by atoms with Crippen LogP contribution in [0.1, 0.15) is 42.2 Å². The Labute approximate surface area is 147 Å². The fourth-order valence-electron chi connectivity index (χ4n) is 3.25. The zero-order valence-electron chi connectivity index (χ0n) is 14.5. The number of carbonyl (C=O) groups excluding carboxylic acids is 2. The van der Waals surface area contributed by atoms with E-state index in [4.69, 9.17) is 0 Å². The summed E-state index contributed by atoms with van der Waals surface area (Å²) in [5, 5.41) is 9.87. The van der Waals surface area contributed by atoms with Crippen molar-refractivity contribution in [2.45, 2.75) is 32.6 Å². The van der Waals surface area contributed by atoms with Crippen LogP contribution in [0.5, 0.6) is 0 Å². The number of nitrogens with one attached hydrogen (secondary N) is 2. The standard InChI is InChI=1S/C19H24N4O2/c1-2-7-17-16(12-20-22-17)19(25)23-11-6-8-14(13-23)18(24)21-15-9-4-3-5-10-15/h3-5,9-10,12,14H,2,6-8,11,13H2,1H3,(H,20,22)(H,21,24). The zero-order chi connectivity index (χ0) is 17.6. The molecule has 1 aromatic carbocycles. The number of aryl methyl sites for hydroxylation is 1. The van der Waals surface area contributed by atoms with Gasteiger partial charge in [-0.05, 0) is 31.4 Å². The third-order valence-electron chi connectivity index (χ3n) is 4.57. The fraction of sp³-hybridized carbons (Fsp3) is 0.421. The molecule has 1 aromatic heterocycles. The van der Waals surface area contributed by atoms with Crippen molar-refractivity contribution in [3.8, 4) is 0 Å². The van der Waals surface area contributed by atoms with Crippen LogP contribution in [0.25, 0.3) is 0 Å². The molecule has 0 saturated carbocycles. The number of likely N-dealkylation sites (tertiary alicyclic amines) is 1. The van der Waals surface area contributed by atoms with E-state index in [0.29, 0.717) is 18.7 Å². The Balaban J connectivity index is 1.65. The first-order chi connectivity index (χ1) is 12.2. The van der Waals surface area contributed by atoms with Crippen molar-refractivity contribution in [1.82, 2.24) is 15.1 Å². The normalized spacial score (nSPS) is 17.3. The monoisotopic (exact) mass is 340 g/mol. The van der Waals surface area contributed by atoms with Gasteiger partial charge in [-0.1, -0.05) is 31.5 Å². The summed E-state index contributed by atoms with van der Waals surface area (Å²) in [6, 6.07) is 9.43. The largest absolute Gasteiger partial charge is 0.338 e. The average Bonchev–Trinajstić information content (AvgIpc) is 3.10. The number of nitrogens with zero attached hydrogens (tertiary/aromatic N) is 2. The quantitative estimate of drug-likeness (QED) is 0.878. The highest BCUT2D eigenvalue weighted by Crippen LogP contribution is 2.21. The van der Waals surface area contributed by atoms with Gasteiger partial charge < -0.3 is 10.2 Å². The number of aromatic amines is 1. The SMILES string of the molecule is CCCc1[nH]ncc1C(=O)N1CCCC(C(=O)Nc2ccccc2)C1. The Morgan fingerprint density at radius 3 is 2.88 bits per heavy atom. The minimum atomic E-state index is -0.181. The van der Waals surface area contributed by atoms with Gasteiger partial charge in [-0.3, -0.25) is 14.7 Å². The lowest BCUT2D eigenvalue weighted by Crippen LogP contribution is -2.43. The molecule has 6 heteroatoms. The maximum Gasteiger partial charge on any atom is 0.257 e. The number of aromatic nitrogens is 2. The first-order valence-corrected chi connectivity index (χ1v) is 8.86. The number of amides is 2. The number of hydrogen-bond donors (Lipinski definition) is 2. The summed E-state index contributed by atoms with van der Waals surface area (Å²) in [7, 11) is 0. The third-order valence-corrected chi connectivity index (χ3v) is 4.57. The van der Waals surface area contributed by atoms with E-state index in [0.717, 1.165) is 37.1 Å². The van der Waals surface area contributed by atoms with Gasteiger partial charge in [0.1, 0.15) is 0 Å². The van der Waals surface area contributed by atoms with Crippen LogP contribution in [0.4, 0.5) is 5.69 Å². The molecule has 2 heterocycles. The number of para-hydroxylation sites is 1. The van der Waals surface area contributed by atoms with E-state index in [1.807, 2.05) is 30.3 Å². The highest BCUT2D eigenvalue weighted by molar-refractivity contribution is 5.96. The van der Waals surface area contributed by atoms with E-state index in [9.17, 15) is 9.59 Å². The van der Waals surface area contributed by atoms with E-state index in [1.165, 1.54) is 0 Å². The highest BCUT2D eigenvalue weighted by atomic mass is 16.2. The predicted molar refractivity (Wildman–Crippen MR) is 96.3 cm³/mol. The number of benzene rings is 1. The van der Waals surface area contributed by atoms with Crippen molar-refractivity contribution in [2.75, 3.05) is 18.4 Å². The van der Waals surface area contributed by atoms with E-state index in [1.54, 1.807) is 11.1 Å². The molecule has 1 aliphatic heterocycles. The second-order valence-corrected chi connectivity index (χ2v) is 6.46. The molecule has 1 unspecified atom stereocenters. The van der Waals surface area contributed by atoms with E-state index in [2.05, 4.69) is 22.4 Å². The summed E-state index contributed by atoms with van der Waals surface area (Å²) in [5.41, 5.74) is 2.30. The molecule has 6 nitrogen and oxygen atoms in total. The fourth-order valence-corrected chi connectivity index (χ4v) is 3.25. The van der Waals surface area contributed by atoms with Crippen LogP contribution in [-0.4, -0.2) is 40.0 Å². The minimum absolute atomic E-state index is 0.0234. The second-order valence-electron chi connectivity index (χ2n) is 6.46. The molecule has 132 valence electrons. The van der Waals surface area contributed by atoms with Crippen LogP contribution in [0.2, 0.25) is 0 Å². The number of H-pyrrole nitrogens is 1. The molecule has 2 amide bonds. The second kappa shape index (κ2) is 7.96. The molecule has 0 radical (unpaired) electrons. The lowest BCUT2D eigenvalue weighted by Gasteiger charge is -2.32. The Morgan fingerprint density at radius 2 is 2.12 bits per heavy atom. The number of rotatable bonds is 5. The molecule has 0 spiro atoms. The van der Waals surface area contributed by atoms with Gasteiger partial charge in [0.15, 0.2) is 0 Å². The maximum atomic E-state index is 12.8. The number of anilines is 1. The molecule has 3 rings (SSSR count). The molecule has 25 heavy (non-hydrogen) atoms. The molecule has 2 N–H and O–H groups in total. The zero-order valence-corrected chi connectivity index (χ0v) is 14.5. The van der Waals surface area contributed by atoms with Crippen molar-refractivity contribution in [2.24, 2.45) is 5.92 Å². The van der Waals surface area contributed by atoms with E-state index >= 15 is 0 Å². The van der Waals surface area contributed by atoms with Gasteiger partial charge in [-0.25, -0.2) is 0 Å². The summed E-state index contributed by atoms with van der Waals surface area (Å²) >= 11 is 0. The van der Waals surface area contributed by atoms with Gasteiger partial charge in [-0.15, -0.1) is 0 Å². The third kappa shape index (κ3) is 4.07. The van der Waals surface area contributed by atoms with Crippen molar-refractivity contribution in [3.05, 3.63) is 47.8 Å². The average molecular weight is 340 g/mol. The van der Waals surface area contributed by atoms with Crippen LogP contribution in [-0.2, 0) is 11.2 Å². The van der Waals surface area contributed by atoms with E-state index in [-0.39, 0.29) is 17.7 Å². The maximum absolute atomic E-state index is 12.8. The molecule has 0 aliphatic carbocycles. The topological polar surface area (TPSA) is 78.1 Å². The van der Waals surface area contributed by atoms with Crippen LogP contribution in [0, 0.1) is 5.92 Å². The van der Waals surface area contributed by atoms with E-state index < -0.39 is 0 Å². The number of hydrogen-bond acceptors (Lipinski definition) is 3. The summed E-state index contributed by atoms with van der Waals surface area (Å²) in [6.45, 7) is 3.21. The number of carbonyl (C=O) groups is 2. The summed E-state index contributed by atoms with van der Waals surface area (Å²) in [4.78, 5) is 27.1. The van der Waals surface area contributed by atoms with Gasteiger partial charge in [0.25, 0.3) is 5.91 Å². The molecule has 2 aromatic rings. The highest BCUT2D eigenvalue weighted by Gasteiger charge is 2.30. The van der Waals surface area contributed by atoms with Crippen LogP contribution in [0.3, 0.4) is 0 Å². The Kier molecular flexibility index (Phi) is 5.48. The van der Waals surface area contributed by atoms with Crippen LogP contribution < -0.4 is 5.32 Å². The number of piperidine rings is 1. The van der Waals surface area contributed by atoms with Crippen molar-refractivity contribution >= 4 is 17.5 Å². The first-order valence-electron chi connectivity index (χ1n) is 8.86. The van der Waals surface area contributed by atoms with Gasteiger partial charge in [-0.2, -0.15) is 5.10 Å². The molecule has 1 atom stereocenters. The summed E-state index contributed by atoms with van der Waals surface area (Å²) in [5.74, 6) is -0.237. The first kappa shape index (κ1) is 17.2.